The fourth-order valence-corrected chi connectivity index (χ4v) is 2.53. The summed E-state index contributed by atoms with van der Waals surface area (Å²) in [5.74, 6) is 0.0258. The number of ether oxygens (including phenoxy) is 1. The molecule has 0 spiro atoms. The van der Waals surface area contributed by atoms with Gasteiger partial charge in [-0.05, 0) is 29.6 Å². The Hall–Kier alpha value is -2.74. The SMILES string of the molecule is COc1ncccc1C(=O)NCc1cn(-c2cccs2)nn1. The Kier molecular flexibility index (Phi) is 4.10. The van der Waals surface area contributed by atoms with Gasteiger partial charge in [-0.15, -0.1) is 16.4 Å². The first-order valence-corrected chi connectivity index (χ1v) is 7.38. The summed E-state index contributed by atoms with van der Waals surface area (Å²) in [5, 5.41) is 13.8. The number of amides is 1. The Morgan fingerprint density at radius 3 is 3.09 bits per heavy atom. The molecule has 7 nitrogen and oxygen atoms in total. The molecule has 1 amide bonds. The predicted octanol–water partition coefficient (Wildman–Crippen LogP) is 1.66. The Morgan fingerprint density at radius 2 is 2.32 bits per heavy atom. The largest absolute Gasteiger partial charge is 0.480 e. The number of aromatic nitrogens is 4. The van der Waals surface area contributed by atoms with Gasteiger partial charge in [-0.3, -0.25) is 4.79 Å². The lowest BCUT2D eigenvalue weighted by Crippen LogP contribution is -2.23. The van der Waals surface area contributed by atoms with Crippen molar-refractivity contribution in [2.45, 2.75) is 6.54 Å². The van der Waals surface area contributed by atoms with Gasteiger partial charge in [-0.1, -0.05) is 5.21 Å². The average molecular weight is 315 g/mol. The van der Waals surface area contributed by atoms with Crippen LogP contribution in [0.2, 0.25) is 0 Å². The van der Waals surface area contributed by atoms with Crippen molar-refractivity contribution in [3.8, 4) is 10.9 Å². The molecule has 0 fully saturated rings. The molecule has 0 aromatic carbocycles. The third kappa shape index (κ3) is 2.96. The standard InChI is InChI=1S/C14H13N5O2S/c1-21-14-11(4-2-6-15-14)13(20)16-8-10-9-19(18-17-10)12-5-3-7-22-12/h2-7,9H,8H2,1H3,(H,16,20). The van der Waals surface area contributed by atoms with Gasteiger partial charge >= 0.3 is 0 Å². The van der Waals surface area contributed by atoms with Crippen molar-refractivity contribution < 1.29 is 9.53 Å². The van der Waals surface area contributed by atoms with Crippen LogP contribution < -0.4 is 10.1 Å². The number of nitrogens with zero attached hydrogens (tertiary/aromatic N) is 4. The van der Waals surface area contributed by atoms with Gasteiger partial charge in [0.25, 0.3) is 5.91 Å². The van der Waals surface area contributed by atoms with Crippen LogP contribution in [0.1, 0.15) is 16.1 Å². The summed E-state index contributed by atoms with van der Waals surface area (Å²) in [6.45, 7) is 0.280. The highest BCUT2D eigenvalue weighted by Gasteiger charge is 2.13. The summed E-state index contributed by atoms with van der Waals surface area (Å²) < 4.78 is 6.75. The smallest absolute Gasteiger partial charge is 0.257 e. The first kappa shape index (κ1) is 14.2. The monoisotopic (exact) mass is 315 g/mol. The molecule has 0 bridgehead atoms. The molecule has 8 heteroatoms. The topological polar surface area (TPSA) is 81.9 Å². The van der Waals surface area contributed by atoms with E-state index in [1.54, 1.807) is 40.5 Å². The zero-order valence-electron chi connectivity index (χ0n) is 11.8. The number of carbonyl (C=O) groups is 1. The normalized spacial score (nSPS) is 10.4. The first-order valence-electron chi connectivity index (χ1n) is 6.50. The molecule has 0 aliphatic rings. The lowest BCUT2D eigenvalue weighted by Gasteiger charge is -2.06. The van der Waals surface area contributed by atoms with Crippen LogP contribution in [0.3, 0.4) is 0 Å². The molecular formula is C14H13N5O2S. The molecule has 22 heavy (non-hydrogen) atoms. The second-order valence-corrected chi connectivity index (χ2v) is 5.27. The predicted molar refractivity (Wildman–Crippen MR) is 81.2 cm³/mol. The second kappa shape index (κ2) is 6.35. The van der Waals surface area contributed by atoms with Crippen molar-refractivity contribution in [2.75, 3.05) is 7.11 Å². The maximum atomic E-state index is 12.1. The van der Waals surface area contributed by atoms with E-state index in [4.69, 9.17) is 4.74 Å². The third-order valence-electron chi connectivity index (χ3n) is 2.91. The molecule has 0 unspecified atom stereocenters. The average Bonchev–Trinajstić information content (AvgIpc) is 3.23. The number of thiophene rings is 1. The number of hydrogen-bond acceptors (Lipinski definition) is 6. The van der Waals surface area contributed by atoms with Gasteiger partial charge in [0.05, 0.1) is 19.9 Å². The van der Waals surface area contributed by atoms with Crippen LogP contribution in [-0.2, 0) is 6.54 Å². The minimum atomic E-state index is -0.268. The van der Waals surface area contributed by atoms with E-state index >= 15 is 0 Å². The van der Waals surface area contributed by atoms with E-state index in [1.807, 2.05) is 17.5 Å². The number of rotatable bonds is 5. The number of methoxy groups -OCH3 is 1. The van der Waals surface area contributed by atoms with Crippen LogP contribution in [0.4, 0.5) is 0 Å². The maximum absolute atomic E-state index is 12.1. The summed E-state index contributed by atoms with van der Waals surface area (Å²) in [6, 6.07) is 7.23. The quantitative estimate of drug-likeness (QED) is 0.774. The van der Waals surface area contributed by atoms with Crippen LogP contribution in [-0.4, -0.2) is 33.0 Å². The Labute approximate surface area is 130 Å². The summed E-state index contributed by atoms with van der Waals surface area (Å²) in [4.78, 5) is 16.1. The molecule has 112 valence electrons. The van der Waals surface area contributed by atoms with E-state index in [9.17, 15) is 4.79 Å². The molecular weight excluding hydrogens is 302 g/mol. The van der Waals surface area contributed by atoms with Crippen LogP contribution >= 0.6 is 11.3 Å². The van der Waals surface area contributed by atoms with Crippen molar-refractivity contribution in [1.29, 1.82) is 0 Å². The van der Waals surface area contributed by atoms with Gasteiger partial charge in [-0.25, -0.2) is 9.67 Å². The summed E-state index contributed by atoms with van der Waals surface area (Å²) >= 11 is 1.56. The van der Waals surface area contributed by atoms with E-state index in [2.05, 4.69) is 20.6 Å². The summed E-state index contributed by atoms with van der Waals surface area (Å²) in [5.41, 5.74) is 1.06. The van der Waals surface area contributed by atoms with Gasteiger partial charge in [-0.2, -0.15) is 0 Å². The van der Waals surface area contributed by atoms with Gasteiger partial charge in [0.2, 0.25) is 5.88 Å². The van der Waals surface area contributed by atoms with Crippen molar-refractivity contribution >= 4 is 17.2 Å². The minimum absolute atomic E-state index is 0.268. The van der Waals surface area contributed by atoms with E-state index < -0.39 is 0 Å². The van der Waals surface area contributed by atoms with Crippen molar-refractivity contribution in [3.05, 3.63) is 53.3 Å². The number of hydrogen-bond donors (Lipinski definition) is 1. The molecule has 0 atom stereocenters. The lowest BCUT2D eigenvalue weighted by molar-refractivity contribution is 0.0946. The van der Waals surface area contributed by atoms with E-state index in [0.29, 0.717) is 17.1 Å². The Morgan fingerprint density at radius 1 is 1.41 bits per heavy atom. The zero-order chi connectivity index (χ0) is 15.4. The van der Waals surface area contributed by atoms with Crippen molar-refractivity contribution in [1.82, 2.24) is 25.3 Å². The molecule has 0 aliphatic heterocycles. The Balaban J connectivity index is 1.66. The zero-order valence-corrected chi connectivity index (χ0v) is 12.6. The molecule has 0 saturated carbocycles. The lowest BCUT2D eigenvalue weighted by atomic mass is 10.2. The first-order chi connectivity index (χ1) is 10.8. The highest BCUT2D eigenvalue weighted by atomic mass is 32.1. The molecule has 0 saturated heterocycles. The number of carbonyl (C=O) groups excluding carboxylic acids is 1. The van der Waals surface area contributed by atoms with Gasteiger partial charge in [0.15, 0.2) is 0 Å². The van der Waals surface area contributed by atoms with Crippen LogP contribution in [0.25, 0.3) is 5.00 Å². The molecule has 0 radical (unpaired) electrons. The molecule has 3 aromatic heterocycles. The molecule has 0 aliphatic carbocycles. The Bertz CT molecular complexity index is 769. The minimum Gasteiger partial charge on any atom is -0.480 e. The van der Waals surface area contributed by atoms with Gasteiger partial charge in [0.1, 0.15) is 16.3 Å². The van der Waals surface area contributed by atoms with E-state index in [1.165, 1.54) is 7.11 Å². The second-order valence-electron chi connectivity index (χ2n) is 4.35. The van der Waals surface area contributed by atoms with Crippen molar-refractivity contribution in [3.63, 3.8) is 0 Å². The molecule has 1 N–H and O–H groups in total. The molecule has 3 heterocycles. The van der Waals surface area contributed by atoms with Crippen LogP contribution in [0, 0.1) is 0 Å². The molecule has 3 aromatic rings. The summed E-state index contributed by atoms with van der Waals surface area (Å²) in [6.07, 6.45) is 3.36. The maximum Gasteiger partial charge on any atom is 0.257 e. The van der Waals surface area contributed by atoms with Crippen molar-refractivity contribution in [2.24, 2.45) is 0 Å². The van der Waals surface area contributed by atoms with Crippen LogP contribution in [0.5, 0.6) is 5.88 Å². The fraction of sp³-hybridized carbons (Fsp3) is 0.143. The number of pyridine rings is 1. The highest BCUT2D eigenvalue weighted by Crippen LogP contribution is 2.14. The highest BCUT2D eigenvalue weighted by molar-refractivity contribution is 7.12. The van der Waals surface area contributed by atoms with Gasteiger partial charge in [0, 0.05) is 6.20 Å². The van der Waals surface area contributed by atoms with E-state index in [-0.39, 0.29) is 12.5 Å². The third-order valence-corrected chi connectivity index (χ3v) is 3.77. The number of nitrogens with one attached hydrogen (secondary N) is 1. The van der Waals surface area contributed by atoms with Gasteiger partial charge < -0.3 is 10.1 Å². The summed E-state index contributed by atoms with van der Waals surface area (Å²) in [7, 11) is 1.48. The van der Waals surface area contributed by atoms with Crippen LogP contribution in [0.15, 0.2) is 42.0 Å². The van der Waals surface area contributed by atoms with E-state index in [0.717, 1.165) is 5.00 Å². The molecule has 3 rings (SSSR count). The fourth-order valence-electron chi connectivity index (χ4n) is 1.88.